The molecule has 1 saturated heterocycles. The van der Waals surface area contributed by atoms with Crippen LogP contribution in [0.2, 0.25) is 0 Å². The lowest BCUT2D eigenvalue weighted by Gasteiger charge is -2.34. The molecule has 0 spiro atoms. The van der Waals surface area contributed by atoms with E-state index in [9.17, 15) is 4.39 Å². The molecule has 1 aliphatic heterocycles. The van der Waals surface area contributed by atoms with Crippen molar-refractivity contribution in [2.75, 3.05) is 26.2 Å². The van der Waals surface area contributed by atoms with Gasteiger partial charge in [-0.25, -0.2) is 4.39 Å². The van der Waals surface area contributed by atoms with Crippen LogP contribution in [0.5, 0.6) is 0 Å². The van der Waals surface area contributed by atoms with E-state index in [4.69, 9.17) is 4.74 Å². The number of unbranched alkanes of at least 4 members (excludes halogenated alkanes) is 1. The molecule has 0 aliphatic carbocycles. The van der Waals surface area contributed by atoms with Gasteiger partial charge in [0.15, 0.2) is 0 Å². The summed E-state index contributed by atoms with van der Waals surface area (Å²) in [6.07, 6.45) is 4.20. The molecule has 164 valence electrons. The zero-order chi connectivity index (χ0) is 20.7. The van der Waals surface area contributed by atoms with E-state index in [0.717, 1.165) is 51.9 Å². The average molecular weight is 440 g/mol. The largest absolute Gasteiger partial charge is 0.364 e. The SMILES string of the molecule is Cl.Fc1ccc(CCCCN2CCOC(c3ccccc3)(c3ccccc3)CC2)cc1. The van der Waals surface area contributed by atoms with Gasteiger partial charge in [-0.3, -0.25) is 0 Å². The van der Waals surface area contributed by atoms with Crippen LogP contribution in [-0.4, -0.2) is 31.1 Å². The van der Waals surface area contributed by atoms with Gasteiger partial charge in [0.25, 0.3) is 0 Å². The number of rotatable bonds is 7. The van der Waals surface area contributed by atoms with Gasteiger partial charge in [0.05, 0.1) is 6.61 Å². The number of ether oxygens (including phenoxy) is 1. The van der Waals surface area contributed by atoms with Crippen molar-refractivity contribution in [1.29, 1.82) is 0 Å². The number of benzene rings is 3. The van der Waals surface area contributed by atoms with Crippen molar-refractivity contribution >= 4 is 12.4 Å². The standard InChI is InChI=1S/C27H30FNO.ClH/c28-26-16-14-23(15-17-26)9-7-8-19-29-20-18-27(30-22-21-29,24-10-3-1-4-11-24)25-12-5-2-6-13-25;/h1-6,10-17H,7-9,18-22H2;1H. The van der Waals surface area contributed by atoms with E-state index in [1.807, 2.05) is 12.1 Å². The molecule has 0 bridgehead atoms. The van der Waals surface area contributed by atoms with Gasteiger partial charge in [-0.15, -0.1) is 12.4 Å². The third kappa shape index (κ3) is 5.94. The molecule has 1 aliphatic rings. The molecule has 4 heteroatoms. The van der Waals surface area contributed by atoms with Gasteiger partial charge in [-0.1, -0.05) is 72.8 Å². The summed E-state index contributed by atoms with van der Waals surface area (Å²) in [7, 11) is 0. The van der Waals surface area contributed by atoms with E-state index in [-0.39, 0.29) is 23.8 Å². The summed E-state index contributed by atoms with van der Waals surface area (Å²) in [6.45, 7) is 3.77. The Bertz CT molecular complexity index is 862. The average Bonchev–Trinajstić information content (AvgIpc) is 3.03. The monoisotopic (exact) mass is 439 g/mol. The molecule has 0 amide bonds. The first-order chi connectivity index (χ1) is 14.8. The van der Waals surface area contributed by atoms with Crippen LogP contribution in [0.1, 0.15) is 36.0 Å². The minimum atomic E-state index is -0.384. The number of nitrogens with zero attached hydrogens (tertiary/aromatic N) is 1. The van der Waals surface area contributed by atoms with Gasteiger partial charge in [0, 0.05) is 13.1 Å². The lowest BCUT2D eigenvalue weighted by molar-refractivity contribution is -0.0101. The third-order valence-corrected chi connectivity index (χ3v) is 6.12. The summed E-state index contributed by atoms with van der Waals surface area (Å²) >= 11 is 0. The van der Waals surface area contributed by atoms with Crippen LogP contribution >= 0.6 is 12.4 Å². The zero-order valence-electron chi connectivity index (χ0n) is 17.9. The molecule has 3 aromatic rings. The van der Waals surface area contributed by atoms with Crippen molar-refractivity contribution in [3.63, 3.8) is 0 Å². The van der Waals surface area contributed by atoms with Crippen LogP contribution in [0, 0.1) is 5.82 Å². The second kappa shape index (κ2) is 11.4. The predicted molar refractivity (Wildman–Crippen MR) is 127 cm³/mol. The van der Waals surface area contributed by atoms with Crippen LogP contribution in [0.4, 0.5) is 4.39 Å². The van der Waals surface area contributed by atoms with Crippen molar-refractivity contribution < 1.29 is 9.13 Å². The molecule has 0 radical (unpaired) electrons. The summed E-state index contributed by atoms with van der Waals surface area (Å²) in [5, 5.41) is 0. The molecule has 31 heavy (non-hydrogen) atoms. The summed E-state index contributed by atoms with van der Waals surface area (Å²) in [6, 6.07) is 28.1. The second-order valence-electron chi connectivity index (χ2n) is 8.08. The van der Waals surface area contributed by atoms with Crippen molar-refractivity contribution in [2.24, 2.45) is 0 Å². The maximum absolute atomic E-state index is 13.0. The van der Waals surface area contributed by atoms with E-state index < -0.39 is 0 Å². The van der Waals surface area contributed by atoms with Crippen molar-refractivity contribution in [3.8, 4) is 0 Å². The van der Waals surface area contributed by atoms with E-state index in [0.29, 0.717) is 0 Å². The molecule has 0 N–H and O–H groups in total. The molecule has 0 saturated carbocycles. The predicted octanol–water partition coefficient (Wildman–Crippen LogP) is 6.24. The molecular formula is C27H31ClFNO. The summed E-state index contributed by atoms with van der Waals surface area (Å²) < 4.78 is 19.6. The normalized spacial score (nSPS) is 16.3. The first kappa shape index (κ1) is 23.5. The molecule has 1 fully saturated rings. The molecule has 3 aromatic carbocycles. The fraction of sp³-hybridized carbons (Fsp3) is 0.333. The van der Waals surface area contributed by atoms with Crippen LogP contribution < -0.4 is 0 Å². The lowest BCUT2D eigenvalue weighted by Crippen LogP contribution is -2.32. The summed E-state index contributed by atoms with van der Waals surface area (Å²) in [5.74, 6) is -0.163. The molecular weight excluding hydrogens is 409 g/mol. The Hall–Kier alpha value is -2.20. The highest BCUT2D eigenvalue weighted by atomic mass is 35.5. The quantitative estimate of drug-likeness (QED) is 0.404. The first-order valence-electron chi connectivity index (χ1n) is 11.0. The van der Waals surface area contributed by atoms with Crippen LogP contribution in [0.3, 0.4) is 0 Å². The Kier molecular flexibility index (Phi) is 8.65. The van der Waals surface area contributed by atoms with Gasteiger partial charge in [0.2, 0.25) is 0 Å². The highest BCUT2D eigenvalue weighted by molar-refractivity contribution is 5.85. The van der Waals surface area contributed by atoms with Crippen LogP contribution in [-0.2, 0) is 16.8 Å². The molecule has 4 rings (SSSR count). The highest BCUT2D eigenvalue weighted by Crippen LogP contribution is 2.38. The topological polar surface area (TPSA) is 12.5 Å². The number of halogens is 2. The molecule has 2 nitrogen and oxygen atoms in total. The molecule has 1 heterocycles. The van der Waals surface area contributed by atoms with Gasteiger partial charge < -0.3 is 9.64 Å². The smallest absolute Gasteiger partial charge is 0.123 e. The van der Waals surface area contributed by atoms with Crippen molar-refractivity contribution in [1.82, 2.24) is 4.90 Å². The molecule has 0 atom stereocenters. The third-order valence-electron chi connectivity index (χ3n) is 6.12. The van der Waals surface area contributed by atoms with Crippen molar-refractivity contribution in [2.45, 2.75) is 31.3 Å². The Labute approximate surface area is 191 Å². The minimum Gasteiger partial charge on any atom is -0.364 e. The Morgan fingerprint density at radius 3 is 2.00 bits per heavy atom. The number of aryl methyl sites for hydroxylation is 1. The summed E-state index contributed by atoms with van der Waals surface area (Å²) in [4.78, 5) is 2.53. The maximum atomic E-state index is 13.0. The lowest BCUT2D eigenvalue weighted by atomic mass is 9.83. The maximum Gasteiger partial charge on any atom is 0.123 e. The molecule has 0 aromatic heterocycles. The van der Waals surface area contributed by atoms with E-state index >= 15 is 0 Å². The van der Waals surface area contributed by atoms with Crippen LogP contribution in [0.15, 0.2) is 84.9 Å². The number of hydrogen-bond acceptors (Lipinski definition) is 2. The first-order valence-corrected chi connectivity index (χ1v) is 11.0. The second-order valence-corrected chi connectivity index (χ2v) is 8.08. The minimum absolute atomic E-state index is 0. The van der Waals surface area contributed by atoms with Crippen LogP contribution in [0.25, 0.3) is 0 Å². The van der Waals surface area contributed by atoms with Gasteiger partial charge in [-0.2, -0.15) is 0 Å². The van der Waals surface area contributed by atoms with E-state index in [2.05, 4.69) is 65.6 Å². The van der Waals surface area contributed by atoms with E-state index in [1.165, 1.54) is 16.7 Å². The van der Waals surface area contributed by atoms with Gasteiger partial charge in [0.1, 0.15) is 11.4 Å². The highest BCUT2D eigenvalue weighted by Gasteiger charge is 2.37. The zero-order valence-corrected chi connectivity index (χ0v) is 18.7. The fourth-order valence-corrected chi connectivity index (χ4v) is 4.42. The van der Waals surface area contributed by atoms with Gasteiger partial charge >= 0.3 is 0 Å². The Morgan fingerprint density at radius 1 is 0.774 bits per heavy atom. The Balaban J connectivity index is 0.00000272. The fourth-order valence-electron chi connectivity index (χ4n) is 4.42. The number of hydrogen-bond donors (Lipinski definition) is 0. The molecule has 0 unspecified atom stereocenters. The summed E-state index contributed by atoms with van der Waals surface area (Å²) in [5.41, 5.74) is 3.29. The van der Waals surface area contributed by atoms with Crippen molar-refractivity contribution in [3.05, 3.63) is 107 Å². The Morgan fingerprint density at radius 2 is 1.39 bits per heavy atom. The van der Waals surface area contributed by atoms with Gasteiger partial charge in [-0.05, 0) is 61.1 Å². The van der Waals surface area contributed by atoms with E-state index in [1.54, 1.807) is 12.1 Å².